The smallest absolute Gasteiger partial charge is 0.328 e. The summed E-state index contributed by atoms with van der Waals surface area (Å²) >= 11 is 0. The molecule has 0 bridgehead atoms. The number of carbonyl (C=O) groups excluding carboxylic acids is 5. The van der Waals surface area contributed by atoms with Gasteiger partial charge in [-0.3, -0.25) is 24.0 Å². The van der Waals surface area contributed by atoms with Crippen LogP contribution in [0.4, 0.5) is 0 Å². The van der Waals surface area contributed by atoms with Gasteiger partial charge >= 0.3 is 5.97 Å². The number of hydrogen-bond donors (Lipinski definition) is 9. The summed E-state index contributed by atoms with van der Waals surface area (Å²) in [6.07, 6.45) is -1.28. The number of primary amides is 2. The van der Waals surface area contributed by atoms with Gasteiger partial charge in [-0.15, -0.1) is 0 Å². The van der Waals surface area contributed by atoms with Crippen molar-refractivity contribution in [3.05, 3.63) is 0 Å². The predicted molar refractivity (Wildman–Crippen MR) is 102 cm³/mol. The van der Waals surface area contributed by atoms with Gasteiger partial charge in [0.15, 0.2) is 0 Å². The van der Waals surface area contributed by atoms with E-state index < -0.39 is 72.9 Å². The first-order chi connectivity index (χ1) is 14.4. The molecule has 4 unspecified atom stereocenters. The monoisotopic (exact) mass is 448 g/mol. The Morgan fingerprint density at radius 3 is 1.39 bits per heavy atom. The van der Waals surface area contributed by atoms with Crippen LogP contribution in [0.15, 0.2) is 0 Å². The fourth-order valence-electron chi connectivity index (χ4n) is 2.20. The van der Waals surface area contributed by atoms with Crippen LogP contribution in [0.2, 0.25) is 0 Å². The van der Waals surface area contributed by atoms with Crippen LogP contribution in [-0.4, -0.2) is 88.2 Å². The van der Waals surface area contributed by atoms with Crippen LogP contribution in [0.25, 0.3) is 0 Å². The van der Waals surface area contributed by atoms with E-state index in [9.17, 15) is 28.8 Å². The molecule has 0 aromatic carbocycles. The average molecular weight is 448 g/mol. The molecule has 0 aliphatic carbocycles. The molecule has 4 atom stereocenters. The van der Waals surface area contributed by atoms with Crippen LogP contribution in [0, 0.1) is 0 Å². The van der Waals surface area contributed by atoms with Crippen LogP contribution in [0.3, 0.4) is 0 Å². The fourth-order valence-corrected chi connectivity index (χ4v) is 2.20. The number of amides is 5. The Kier molecular flexibility index (Phi) is 12.4. The van der Waals surface area contributed by atoms with Gasteiger partial charge in [0.25, 0.3) is 0 Å². The Labute approximate surface area is 176 Å². The van der Waals surface area contributed by atoms with Crippen molar-refractivity contribution in [2.45, 2.75) is 49.9 Å². The molecule has 0 aromatic heterocycles. The summed E-state index contributed by atoms with van der Waals surface area (Å²) in [5.41, 5.74) is 15.5. The van der Waals surface area contributed by atoms with E-state index in [1.807, 2.05) is 5.32 Å². The largest absolute Gasteiger partial charge is 0.480 e. The van der Waals surface area contributed by atoms with Crippen LogP contribution in [-0.2, 0) is 28.8 Å². The van der Waals surface area contributed by atoms with E-state index in [4.69, 9.17) is 32.5 Å². The molecule has 0 heterocycles. The normalized spacial score (nSPS) is 14.4. The molecule has 0 saturated carbocycles. The Balaban J connectivity index is 5.48. The highest BCUT2D eigenvalue weighted by Crippen LogP contribution is 2.04. The number of nitrogens with two attached hydrogens (primary N) is 3. The number of aliphatic hydroxyl groups excluding tert-OH is 2. The highest BCUT2D eigenvalue weighted by atomic mass is 16.4. The quantitative estimate of drug-likeness (QED) is 0.114. The highest BCUT2D eigenvalue weighted by molar-refractivity contribution is 5.94. The van der Waals surface area contributed by atoms with Crippen molar-refractivity contribution in [3.63, 3.8) is 0 Å². The molecule has 176 valence electrons. The van der Waals surface area contributed by atoms with Crippen molar-refractivity contribution in [2.75, 3.05) is 13.2 Å². The molecule has 0 fully saturated rings. The van der Waals surface area contributed by atoms with E-state index >= 15 is 0 Å². The van der Waals surface area contributed by atoms with E-state index in [2.05, 4.69) is 10.6 Å². The van der Waals surface area contributed by atoms with Gasteiger partial charge in [-0.05, 0) is 12.8 Å². The van der Waals surface area contributed by atoms with Crippen LogP contribution < -0.4 is 33.2 Å². The second kappa shape index (κ2) is 13.8. The fraction of sp³-hybridized carbons (Fsp3) is 0.625. The number of aliphatic carboxylic acids is 1. The minimum atomic E-state index is -1.67. The summed E-state index contributed by atoms with van der Waals surface area (Å²) in [6.45, 7) is -1.66. The average Bonchev–Trinajstić information content (AvgIpc) is 2.70. The molecule has 0 rings (SSSR count). The molecule has 0 spiro atoms. The maximum atomic E-state index is 12.6. The van der Waals surface area contributed by atoms with Gasteiger partial charge in [0.1, 0.15) is 24.2 Å². The summed E-state index contributed by atoms with van der Waals surface area (Å²) in [4.78, 5) is 70.0. The lowest BCUT2D eigenvalue weighted by Crippen LogP contribution is -2.58. The lowest BCUT2D eigenvalue weighted by atomic mass is 10.1. The van der Waals surface area contributed by atoms with E-state index in [-0.39, 0.29) is 25.7 Å². The van der Waals surface area contributed by atoms with Crippen molar-refractivity contribution in [3.8, 4) is 0 Å². The van der Waals surface area contributed by atoms with Crippen molar-refractivity contribution >= 4 is 35.5 Å². The third-order valence-electron chi connectivity index (χ3n) is 3.96. The summed E-state index contributed by atoms with van der Waals surface area (Å²) in [6, 6.07) is -5.89. The standard InChI is InChI=1S/C16H28N6O9/c17-7(5-23)13(27)20-8(1-3-11(18)25)14(28)21-9(2-4-12(19)26)15(29)22-10(6-24)16(30)31/h7-10,23-24H,1-6,17H2,(H2,18,25)(H2,19,26)(H,20,27)(H,21,28)(H,22,29)(H,30,31). The molecular formula is C16H28N6O9. The second-order valence-electron chi connectivity index (χ2n) is 6.50. The number of carboxylic acid groups (broad SMARTS) is 1. The molecular weight excluding hydrogens is 420 g/mol. The molecule has 0 aliphatic rings. The van der Waals surface area contributed by atoms with Crippen molar-refractivity contribution in [1.29, 1.82) is 0 Å². The van der Waals surface area contributed by atoms with Crippen LogP contribution in [0.1, 0.15) is 25.7 Å². The van der Waals surface area contributed by atoms with Gasteiger partial charge in [-0.2, -0.15) is 0 Å². The summed E-state index contributed by atoms with van der Waals surface area (Å²) in [5, 5.41) is 33.3. The van der Waals surface area contributed by atoms with Crippen molar-refractivity contribution in [2.24, 2.45) is 17.2 Å². The zero-order chi connectivity index (χ0) is 24.1. The number of hydrogen-bond acceptors (Lipinski definition) is 9. The van der Waals surface area contributed by atoms with Gasteiger partial charge in [-0.25, -0.2) is 4.79 Å². The Hall–Kier alpha value is -3.30. The lowest BCUT2D eigenvalue weighted by molar-refractivity contribution is -0.143. The first-order valence-corrected chi connectivity index (χ1v) is 9.10. The van der Waals surface area contributed by atoms with Gasteiger partial charge in [0.05, 0.1) is 13.2 Å². The number of carboxylic acids is 1. The minimum Gasteiger partial charge on any atom is -0.480 e. The Bertz CT molecular complexity index is 686. The molecule has 15 nitrogen and oxygen atoms in total. The number of nitrogens with one attached hydrogen (secondary N) is 3. The number of rotatable bonds is 15. The SMILES string of the molecule is NC(=O)CCC(NC(=O)C(N)CO)C(=O)NC(CCC(N)=O)C(=O)NC(CO)C(=O)O. The Morgan fingerprint density at radius 1 is 0.677 bits per heavy atom. The lowest BCUT2D eigenvalue weighted by Gasteiger charge is -2.24. The van der Waals surface area contributed by atoms with Crippen LogP contribution >= 0.6 is 0 Å². The summed E-state index contributed by atoms with van der Waals surface area (Å²) in [7, 11) is 0. The zero-order valence-corrected chi connectivity index (χ0v) is 16.6. The van der Waals surface area contributed by atoms with Gasteiger partial charge in [0, 0.05) is 12.8 Å². The number of aliphatic hydroxyl groups is 2. The summed E-state index contributed by atoms with van der Waals surface area (Å²) < 4.78 is 0. The van der Waals surface area contributed by atoms with E-state index in [1.54, 1.807) is 0 Å². The minimum absolute atomic E-state index is 0.274. The number of carbonyl (C=O) groups is 6. The first kappa shape index (κ1) is 27.7. The van der Waals surface area contributed by atoms with Crippen molar-refractivity contribution < 1.29 is 44.1 Å². The van der Waals surface area contributed by atoms with E-state index in [1.165, 1.54) is 0 Å². The molecule has 31 heavy (non-hydrogen) atoms. The molecule has 12 N–H and O–H groups in total. The molecule has 15 heteroatoms. The third-order valence-corrected chi connectivity index (χ3v) is 3.96. The third kappa shape index (κ3) is 10.9. The topological polar surface area (TPSA) is 277 Å². The molecule has 0 saturated heterocycles. The van der Waals surface area contributed by atoms with Crippen molar-refractivity contribution in [1.82, 2.24) is 16.0 Å². The van der Waals surface area contributed by atoms with Gasteiger partial charge in [-0.1, -0.05) is 0 Å². The van der Waals surface area contributed by atoms with E-state index in [0.717, 1.165) is 0 Å². The zero-order valence-electron chi connectivity index (χ0n) is 16.6. The Morgan fingerprint density at radius 2 is 1.06 bits per heavy atom. The predicted octanol–water partition coefficient (Wildman–Crippen LogP) is -5.63. The first-order valence-electron chi connectivity index (χ1n) is 9.10. The van der Waals surface area contributed by atoms with E-state index in [0.29, 0.717) is 0 Å². The second-order valence-corrected chi connectivity index (χ2v) is 6.50. The van der Waals surface area contributed by atoms with Gasteiger partial charge in [0.2, 0.25) is 29.5 Å². The maximum Gasteiger partial charge on any atom is 0.328 e. The molecule has 5 amide bonds. The summed E-state index contributed by atoms with van der Waals surface area (Å²) in [5.74, 6) is -6.06. The molecule has 0 aromatic rings. The van der Waals surface area contributed by atoms with Crippen LogP contribution in [0.5, 0.6) is 0 Å². The molecule has 0 aliphatic heterocycles. The molecule has 0 radical (unpaired) electrons. The van der Waals surface area contributed by atoms with Gasteiger partial charge < -0.3 is 48.5 Å². The maximum absolute atomic E-state index is 12.6. The highest BCUT2D eigenvalue weighted by Gasteiger charge is 2.30.